The molecule has 12 heteroatoms. The molecule has 2 aliphatic rings. The Hall–Kier alpha value is -3.71. The van der Waals surface area contributed by atoms with E-state index >= 15 is 0 Å². The minimum absolute atomic E-state index is 0.192. The number of fused-ring (bicyclic) bond motifs is 1. The molecule has 2 fully saturated rings. The number of methoxy groups -OCH3 is 2. The van der Waals surface area contributed by atoms with Gasteiger partial charge in [0.1, 0.15) is 11.1 Å². The van der Waals surface area contributed by atoms with Gasteiger partial charge in [0.05, 0.1) is 24.1 Å². The highest BCUT2D eigenvalue weighted by Gasteiger charge is 2.25. The molecule has 1 atom stereocenters. The highest BCUT2D eigenvalue weighted by Crippen LogP contribution is 2.35. The average Bonchev–Trinajstić information content (AvgIpc) is 3.67. The number of carbonyl (C=O) groups is 1. The summed E-state index contributed by atoms with van der Waals surface area (Å²) in [6, 6.07) is 13.4. The van der Waals surface area contributed by atoms with Gasteiger partial charge < -0.3 is 33.4 Å². The van der Waals surface area contributed by atoms with Crippen LogP contribution in [0.25, 0.3) is 28.0 Å². The number of aromatic nitrogens is 2. The Bertz CT molecular complexity index is 1700. The third kappa shape index (κ3) is 6.05. The molecule has 1 N–H and O–H groups in total. The van der Waals surface area contributed by atoms with Crippen LogP contribution in [-0.4, -0.2) is 98.3 Å². The van der Waals surface area contributed by atoms with Crippen LogP contribution in [-0.2, 0) is 9.47 Å². The van der Waals surface area contributed by atoms with E-state index in [4.69, 9.17) is 18.9 Å². The summed E-state index contributed by atoms with van der Waals surface area (Å²) in [5.74, 6) is -1.28. The fraction of sp³-hybridized carbons (Fsp3) is 0.387. The number of nitrogens with zero attached hydrogens (tertiary/aromatic N) is 5. The number of benzene rings is 2. The van der Waals surface area contributed by atoms with E-state index in [0.29, 0.717) is 35.1 Å². The number of hydrogen-bond donors (Lipinski definition) is 1. The molecule has 2 aliphatic heterocycles. The van der Waals surface area contributed by atoms with Gasteiger partial charge >= 0.3 is 5.97 Å². The van der Waals surface area contributed by atoms with Gasteiger partial charge in [-0.2, -0.15) is 4.98 Å². The minimum atomic E-state index is -1.28. The van der Waals surface area contributed by atoms with Gasteiger partial charge in [-0.3, -0.25) is 9.69 Å². The first kappa shape index (κ1) is 29.4. The Balaban J connectivity index is 1.33. The van der Waals surface area contributed by atoms with Crippen LogP contribution in [0.3, 0.4) is 0 Å². The molecule has 4 heterocycles. The Kier molecular flexibility index (Phi) is 8.53. The number of carboxylic acids is 1. The van der Waals surface area contributed by atoms with E-state index in [1.165, 1.54) is 12.3 Å². The number of pyridine rings is 1. The van der Waals surface area contributed by atoms with Gasteiger partial charge in [0.25, 0.3) is 6.01 Å². The van der Waals surface area contributed by atoms with Crippen molar-refractivity contribution in [2.24, 2.45) is 0 Å². The van der Waals surface area contributed by atoms with Crippen LogP contribution in [0.2, 0.25) is 0 Å². The fourth-order valence-corrected chi connectivity index (χ4v) is 6.39. The molecule has 0 radical (unpaired) electrons. The zero-order valence-electron chi connectivity index (χ0n) is 24.2. The van der Waals surface area contributed by atoms with Crippen LogP contribution in [0.4, 0.5) is 11.7 Å². The molecule has 11 nitrogen and oxygen atoms in total. The Labute approximate surface area is 257 Å². The van der Waals surface area contributed by atoms with Crippen molar-refractivity contribution in [3.05, 3.63) is 68.9 Å². The van der Waals surface area contributed by atoms with E-state index in [2.05, 4.69) is 30.6 Å². The number of aromatic carboxylic acids is 1. The molecular weight excluding hydrogens is 618 g/mol. The Morgan fingerprint density at radius 2 is 1.88 bits per heavy atom. The van der Waals surface area contributed by atoms with E-state index in [-0.39, 0.29) is 11.7 Å². The average molecular weight is 653 g/mol. The second-order valence-corrected chi connectivity index (χ2v) is 11.7. The molecule has 4 aromatic rings. The summed E-state index contributed by atoms with van der Waals surface area (Å²) in [5, 5.41) is 9.75. The zero-order valence-corrected chi connectivity index (χ0v) is 25.7. The van der Waals surface area contributed by atoms with Crippen molar-refractivity contribution in [3.63, 3.8) is 0 Å². The van der Waals surface area contributed by atoms with Crippen molar-refractivity contribution in [1.82, 2.24) is 14.5 Å². The summed E-state index contributed by atoms with van der Waals surface area (Å²) in [6.45, 7) is 6.67. The van der Waals surface area contributed by atoms with Gasteiger partial charge in [0.2, 0.25) is 0 Å². The van der Waals surface area contributed by atoms with Crippen molar-refractivity contribution >= 4 is 44.7 Å². The fourth-order valence-electron chi connectivity index (χ4n) is 5.76. The number of rotatable bonds is 9. The van der Waals surface area contributed by atoms with Crippen LogP contribution in [0.5, 0.6) is 0 Å². The SMILES string of the molecule is COCCN1CCN(c2nc3ccc(-n4cc(C(=O)O)c(=O)cc4-c4ccc(N5CCC(OC)C5)c(Br)c4)cc3o2)CC1. The second-order valence-electron chi connectivity index (χ2n) is 10.8. The molecule has 0 aliphatic carbocycles. The third-order valence-corrected chi connectivity index (χ3v) is 8.87. The van der Waals surface area contributed by atoms with Crippen LogP contribution in [0, 0.1) is 0 Å². The van der Waals surface area contributed by atoms with E-state index in [1.54, 1.807) is 18.8 Å². The molecule has 0 saturated carbocycles. The van der Waals surface area contributed by atoms with Gasteiger partial charge in [0, 0.05) is 88.5 Å². The molecular formula is C31H34BrN5O6. The van der Waals surface area contributed by atoms with Crippen LogP contribution >= 0.6 is 15.9 Å². The maximum absolute atomic E-state index is 12.9. The zero-order chi connectivity index (χ0) is 30.1. The first-order valence-electron chi connectivity index (χ1n) is 14.3. The molecule has 226 valence electrons. The monoisotopic (exact) mass is 651 g/mol. The maximum atomic E-state index is 12.9. The minimum Gasteiger partial charge on any atom is -0.477 e. The number of ether oxygens (including phenoxy) is 2. The lowest BCUT2D eigenvalue weighted by Gasteiger charge is -2.33. The molecule has 6 rings (SSSR count). The summed E-state index contributed by atoms with van der Waals surface area (Å²) >= 11 is 3.72. The van der Waals surface area contributed by atoms with E-state index in [0.717, 1.165) is 68.0 Å². The van der Waals surface area contributed by atoms with E-state index in [1.807, 2.05) is 36.4 Å². The van der Waals surface area contributed by atoms with E-state index < -0.39 is 11.4 Å². The predicted molar refractivity (Wildman–Crippen MR) is 168 cm³/mol. The van der Waals surface area contributed by atoms with Gasteiger partial charge in [-0.1, -0.05) is 6.07 Å². The largest absolute Gasteiger partial charge is 0.477 e. The highest BCUT2D eigenvalue weighted by atomic mass is 79.9. The molecule has 0 amide bonds. The maximum Gasteiger partial charge on any atom is 0.341 e. The first-order valence-corrected chi connectivity index (χ1v) is 15.1. The summed E-state index contributed by atoms with van der Waals surface area (Å²) in [6.07, 6.45) is 2.53. The number of carboxylic acid groups (broad SMARTS) is 1. The Morgan fingerprint density at radius 3 is 2.58 bits per heavy atom. The normalized spacial score (nSPS) is 17.7. The van der Waals surface area contributed by atoms with E-state index in [9.17, 15) is 14.7 Å². The lowest BCUT2D eigenvalue weighted by atomic mass is 10.1. The lowest BCUT2D eigenvalue weighted by molar-refractivity contribution is 0.0695. The summed E-state index contributed by atoms with van der Waals surface area (Å²) in [7, 11) is 3.44. The van der Waals surface area contributed by atoms with Gasteiger partial charge in [0.15, 0.2) is 11.0 Å². The van der Waals surface area contributed by atoms with Gasteiger partial charge in [-0.05, 0) is 52.2 Å². The second kappa shape index (κ2) is 12.5. The van der Waals surface area contributed by atoms with Crippen LogP contribution in [0.1, 0.15) is 16.8 Å². The van der Waals surface area contributed by atoms with Crippen molar-refractivity contribution in [1.29, 1.82) is 0 Å². The topological polar surface area (TPSA) is 114 Å². The molecule has 0 spiro atoms. The lowest BCUT2D eigenvalue weighted by Crippen LogP contribution is -2.47. The van der Waals surface area contributed by atoms with Crippen molar-refractivity contribution < 1.29 is 23.8 Å². The quantitative estimate of drug-likeness (QED) is 0.284. The highest BCUT2D eigenvalue weighted by molar-refractivity contribution is 9.10. The number of hydrogen-bond acceptors (Lipinski definition) is 9. The third-order valence-electron chi connectivity index (χ3n) is 8.24. The number of oxazole rings is 1. The van der Waals surface area contributed by atoms with Crippen LogP contribution < -0.4 is 15.2 Å². The Morgan fingerprint density at radius 1 is 1.07 bits per heavy atom. The predicted octanol–water partition coefficient (Wildman–Crippen LogP) is 4.10. The number of anilines is 2. The molecule has 1 unspecified atom stereocenters. The summed E-state index contributed by atoms with van der Waals surface area (Å²) in [4.78, 5) is 36.3. The van der Waals surface area contributed by atoms with Crippen molar-refractivity contribution in [2.45, 2.75) is 12.5 Å². The van der Waals surface area contributed by atoms with Gasteiger partial charge in [-0.25, -0.2) is 4.79 Å². The summed E-state index contributed by atoms with van der Waals surface area (Å²) in [5.41, 5.74) is 3.42. The number of piperazine rings is 1. The summed E-state index contributed by atoms with van der Waals surface area (Å²) < 4.78 is 19.5. The molecule has 2 aromatic carbocycles. The first-order chi connectivity index (χ1) is 20.8. The van der Waals surface area contributed by atoms with Gasteiger partial charge in [-0.15, -0.1) is 0 Å². The van der Waals surface area contributed by atoms with Crippen LogP contribution in [0.15, 0.2) is 62.3 Å². The molecule has 0 bridgehead atoms. The van der Waals surface area contributed by atoms with Crippen molar-refractivity contribution in [3.8, 4) is 16.9 Å². The van der Waals surface area contributed by atoms with Crippen molar-refractivity contribution in [2.75, 3.05) is 76.4 Å². The smallest absolute Gasteiger partial charge is 0.341 e. The number of halogens is 1. The molecule has 2 aromatic heterocycles. The molecule has 43 heavy (non-hydrogen) atoms. The standard InChI is InChI=1S/C31H34BrN5O6/c1-41-14-13-34-9-11-35(12-10-34)31-33-25-5-4-21(16-29(25)43-31)37-19-23(30(39)40)28(38)17-27(37)20-3-6-26(24(32)15-20)36-8-7-22(18-36)42-2/h3-6,15-17,19,22H,7-14,18H2,1-2H3,(H,39,40). The molecule has 2 saturated heterocycles.